The standard InChI is InChI=1S/C14H6N2O6.C14H10N2O2/c17-13-11-5-7(15(19)20)1-3-9(11)10-4-2-8(16(21)22)6-12(10)14(13)18;15-7-1-3-9-10-4-2-8(16)6-12(10)14(18)13(17)11(9)5-7/h1-6H;1-6H,15-16H2. The Bertz CT molecular complexity index is 1730. The van der Waals surface area contributed by atoms with Crippen molar-refractivity contribution >= 4 is 45.9 Å². The number of nitrogens with two attached hydrogens (primary N) is 2. The first-order valence-corrected chi connectivity index (χ1v) is 11.5. The minimum absolute atomic E-state index is 0.0689. The van der Waals surface area contributed by atoms with Gasteiger partial charge in [0.05, 0.1) is 9.85 Å². The Kier molecular flexibility index (Phi) is 5.99. The zero-order chi connectivity index (χ0) is 28.9. The molecule has 0 spiro atoms. The Labute approximate surface area is 224 Å². The van der Waals surface area contributed by atoms with E-state index in [1.165, 1.54) is 36.4 Å². The van der Waals surface area contributed by atoms with E-state index in [2.05, 4.69) is 0 Å². The molecule has 0 amide bonds. The Morgan fingerprint density at radius 3 is 1.00 bits per heavy atom. The van der Waals surface area contributed by atoms with Gasteiger partial charge in [-0.2, -0.15) is 0 Å². The number of hydrogen-bond acceptors (Lipinski definition) is 10. The zero-order valence-electron chi connectivity index (χ0n) is 20.2. The summed E-state index contributed by atoms with van der Waals surface area (Å²) in [5.74, 6) is -2.89. The van der Waals surface area contributed by atoms with Crippen LogP contribution in [-0.2, 0) is 0 Å². The molecule has 0 fully saturated rings. The maximum absolute atomic E-state index is 12.1. The number of ketones is 4. The molecule has 4 aromatic carbocycles. The predicted octanol–water partition coefficient (Wildman–Crippen LogP) is 4.45. The second-order valence-electron chi connectivity index (χ2n) is 8.90. The maximum atomic E-state index is 12.1. The number of Topliss-reactive ketones (excluding diaryl/α,β-unsaturated/α-hetero) is 4. The summed E-state index contributed by atoms with van der Waals surface area (Å²) in [6.07, 6.45) is 0. The molecular weight excluding hydrogens is 520 g/mol. The Morgan fingerprint density at radius 2 is 0.700 bits per heavy atom. The number of nitrogens with zero attached hydrogens (tertiary/aromatic N) is 2. The monoisotopic (exact) mass is 536 g/mol. The molecule has 0 aliphatic heterocycles. The third kappa shape index (κ3) is 4.15. The van der Waals surface area contributed by atoms with Crippen LogP contribution in [0.5, 0.6) is 0 Å². The molecule has 0 radical (unpaired) electrons. The molecule has 2 aliphatic carbocycles. The number of nitrogen functional groups attached to an aromatic ring is 2. The highest BCUT2D eigenvalue weighted by Crippen LogP contribution is 2.37. The summed E-state index contributed by atoms with van der Waals surface area (Å²) in [4.78, 5) is 68.4. The van der Waals surface area contributed by atoms with E-state index in [1.807, 2.05) is 0 Å². The molecule has 0 unspecified atom stereocenters. The highest BCUT2D eigenvalue weighted by Gasteiger charge is 2.33. The summed E-state index contributed by atoms with van der Waals surface area (Å²) in [5.41, 5.74) is 14.4. The second kappa shape index (κ2) is 9.36. The van der Waals surface area contributed by atoms with Crippen molar-refractivity contribution in [2.75, 3.05) is 11.5 Å². The van der Waals surface area contributed by atoms with Gasteiger partial charge in [0.25, 0.3) is 11.4 Å². The maximum Gasteiger partial charge on any atom is 0.270 e. The van der Waals surface area contributed by atoms with E-state index in [1.54, 1.807) is 24.3 Å². The van der Waals surface area contributed by atoms with E-state index >= 15 is 0 Å². The van der Waals surface area contributed by atoms with E-state index < -0.39 is 33.0 Å². The van der Waals surface area contributed by atoms with Crippen LogP contribution < -0.4 is 11.5 Å². The second-order valence-corrected chi connectivity index (χ2v) is 8.90. The predicted molar refractivity (Wildman–Crippen MR) is 143 cm³/mol. The summed E-state index contributed by atoms with van der Waals surface area (Å²) in [6, 6.07) is 17.2. The number of fused-ring (bicyclic) bond motifs is 6. The quantitative estimate of drug-likeness (QED) is 0.159. The van der Waals surface area contributed by atoms with Gasteiger partial charge in [-0.1, -0.05) is 12.1 Å². The summed E-state index contributed by atoms with van der Waals surface area (Å²) in [5, 5.41) is 21.5. The molecule has 4 aromatic rings. The molecule has 196 valence electrons. The van der Waals surface area contributed by atoms with Gasteiger partial charge in [-0.25, -0.2) is 0 Å². The first-order chi connectivity index (χ1) is 19.0. The van der Waals surface area contributed by atoms with Crippen molar-refractivity contribution in [3.63, 3.8) is 0 Å². The molecule has 0 aromatic heterocycles. The largest absolute Gasteiger partial charge is 0.399 e. The summed E-state index contributed by atoms with van der Waals surface area (Å²) < 4.78 is 0. The molecule has 0 heterocycles. The van der Waals surface area contributed by atoms with Crippen molar-refractivity contribution in [1.29, 1.82) is 0 Å². The molecule has 2 aliphatic rings. The third-order valence-electron chi connectivity index (χ3n) is 6.49. The number of hydrogen-bond donors (Lipinski definition) is 2. The number of non-ortho nitro benzene ring substituents is 2. The summed E-state index contributed by atoms with van der Waals surface area (Å²) in [6.45, 7) is 0. The van der Waals surface area contributed by atoms with Crippen LogP contribution in [0.3, 0.4) is 0 Å². The highest BCUT2D eigenvalue weighted by atomic mass is 16.6. The number of nitro benzene ring substituents is 2. The number of rotatable bonds is 2. The van der Waals surface area contributed by atoms with E-state index in [-0.39, 0.29) is 22.5 Å². The smallest absolute Gasteiger partial charge is 0.270 e. The topological polar surface area (TPSA) is 207 Å². The van der Waals surface area contributed by atoms with Crippen molar-refractivity contribution in [2.24, 2.45) is 0 Å². The first kappa shape index (κ1) is 25.6. The molecule has 4 N–H and O–H groups in total. The van der Waals surface area contributed by atoms with E-state index in [4.69, 9.17) is 11.5 Å². The number of nitro groups is 2. The van der Waals surface area contributed by atoms with Crippen molar-refractivity contribution in [2.45, 2.75) is 0 Å². The van der Waals surface area contributed by atoms with Gasteiger partial charge in [-0.05, 0) is 58.7 Å². The molecule has 12 heteroatoms. The van der Waals surface area contributed by atoms with Crippen LogP contribution in [0.4, 0.5) is 22.7 Å². The lowest BCUT2D eigenvalue weighted by atomic mass is 9.83. The SMILES string of the molecule is Nc1ccc2c(c1)C(=O)C(=O)c1cc(N)ccc1-2.O=C1C(=O)c2cc([N+](=O)[O-])ccc2-c2ccc([N+](=O)[O-])cc21. The van der Waals surface area contributed by atoms with Crippen molar-refractivity contribution in [1.82, 2.24) is 0 Å². The third-order valence-corrected chi connectivity index (χ3v) is 6.49. The molecule has 12 nitrogen and oxygen atoms in total. The number of anilines is 2. The van der Waals surface area contributed by atoms with Gasteiger partial charge in [0.15, 0.2) is 0 Å². The number of benzene rings is 4. The normalized spacial score (nSPS) is 12.8. The van der Waals surface area contributed by atoms with Crippen LogP contribution in [0.25, 0.3) is 22.3 Å². The van der Waals surface area contributed by atoms with Crippen molar-refractivity contribution in [3.8, 4) is 22.3 Å². The van der Waals surface area contributed by atoms with E-state index in [0.29, 0.717) is 33.6 Å². The van der Waals surface area contributed by atoms with Crippen LogP contribution in [0, 0.1) is 20.2 Å². The fourth-order valence-electron chi connectivity index (χ4n) is 4.60. The Balaban J connectivity index is 0.000000164. The average molecular weight is 536 g/mol. The minimum Gasteiger partial charge on any atom is -0.399 e. The molecule has 0 saturated heterocycles. The van der Waals surface area contributed by atoms with E-state index in [9.17, 15) is 39.4 Å². The summed E-state index contributed by atoms with van der Waals surface area (Å²) in [7, 11) is 0. The molecule has 6 rings (SSSR count). The van der Waals surface area contributed by atoms with Crippen molar-refractivity contribution < 1.29 is 29.0 Å². The summed E-state index contributed by atoms with van der Waals surface area (Å²) >= 11 is 0. The lowest BCUT2D eigenvalue weighted by Crippen LogP contribution is -2.21. The zero-order valence-corrected chi connectivity index (χ0v) is 20.2. The molecule has 0 bridgehead atoms. The van der Waals surface area contributed by atoms with Crippen LogP contribution in [0.1, 0.15) is 41.4 Å². The fourth-order valence-corrected chi connectivity index (χ4v) is 4.60. The molecule has 0 saturated carbocycles. The van der Waals surface area contributed by atoms with Crippen LogP contribution in [0.15, 0.2) is 72.8 Å². The Morgan fingerprint density at radius 1 is 0.425 bits per heavy atom. The minimum atomic E-state index is -0.910. The van der Waals surface area contributed by atoms with E-state index in [0.717, 1.165) is 23.3 Å². The average Bonchev–Trinajstić information content (AvgIpc) is 2.94. The molecule has 40 heavy (non-hydrogen) atoms. The van der Waals surface area contributed by atoms with Crippen LogP contribution in [0.2, 0.25) is 0 Å². The Hall–Kier alpha value is -6.04. The van der Waals surface area contributed by atoms with Gasteiger partial charge >= 0.3 is 0 Å². The van der Waals surface area contributed by atoms with Gasteiger partial charge in [0, 0.05) is 57.9 Å². The lowest BCUT2D eigenvalue weighted by Gasteiger charge is -2.18. The van der Waals surface area contributed by atoms with Gasteiger partial charge < -0.3 is 11.5 Å². The molecule has 0 atom stereocenters. The van der Waals surface area contributed by atoms with Gasteiger partial charge in [0.2, 0.25) is 23.1 Å². The van der Waals surface area contributed by atoms with Gasteiger partial charge in [-0.3, -0.25) is 39.4 Å². The van der Waals surface area contributed by atoms with Gasteiger partial charge in [-0.15, -0.1) is 0 Å². The van der Waals surface area contributed by atoms with Crippen LogP contribution >= 0.6 is 0 Å². The highest BCUT2D eigenvalue weighted by molar-refractivity contribution is 6.53. The number of carbonyl (C=O) groups excluding carboxylic acids is 4. The van der Waals surface area contributed by atoms with Crippen LogP contribution in [-0.4, -0.2) is 33.0 Å². The first-order valence-electron chi connectivity index (χ1n) is 11.5. The molecular formula is C28H16N4O8. The van der Waals surface area contributed by atoms with Gasteiger partial charge in [0.1, 0.15) is 0 Å². The fraction of sp³-hybridized carbons (Fsp3) is 0. The van der Waals surface area contributed by atoms with Crippen molar-refractivity contribution in [3.05, 3.63) is 115 Å². The lowest BCUT2D eigenvalue weighted by molar-refractivity contribution is -0.385. The number of carbonyl (C=O) groups is 4.